The van der Waals surface area contributed by atoms with Crippen molar-refractivity contribution < 1.29 is 14.6 Å². The number of hydrogen-bond donors (Lipinski definition) is 1. The fourth-order valence-electron chi connectivity index (χ4n) is 2.21. The molecule has 0 bridgehead atoms. The molecule has 0 radical (unpaired) electrons. The zero-order valence-electron chi connectivity index (χ0n) is 14.0. The van der Waals surface area contributed by atoms with E-state index in [-0.39, 0.29) is 12.7 Å². The van der Waals surface area contributed by atoms with E-state index in [0.717, 1.165) is 17.7 Å². The number of methoxy groups -OCH3 is 1. The average molecular weight is 306 g/mol. The molecule has 0 aromatic heterocycles. The predicted molar refractivity (Wildman–Crippen MR) is 91.2 cm³/mol. The molecule has 0 aliphatic carbocycles. The first-order valence-electron chi connectivity index (χ1n) is 8.32. The van der Waals surface area contributed by atoms with Gasteiger partial charge >= 0.3 is 0 Å². The molecule has 3 nitrogen and oxygen atoms in total. The van der Waals surface area contributed by atoms with Crippen LogP contribution in [0, 0.1) is 0 Å². The van der Waals surface area contributed by atoms with Crippen LogP contribution in [0.25, 0.3) is 0 Å². The van der Waals surface area contributed by atoms with Gasteiger partial charge in [-0.3, -0.25) is 0 Å². The zero-order chi connectivity index (χ0) is 16.0. The summed E-state index contributed by atoms with van der Waals surface area (Å²) >= 11 is 0. The summed E-state index contributed by atoms with van der Waals surface area (Å²) in [4.78, 5) is 0. The normalized spacial score (nSPS) is 12.7. The SMILES string of the molecule is CCCCCCC/C=C\[C@@H](CO)OCc1ccc(OC)cc1. The van der Waals surface area contributed by atoms with Gasteiger partial charge in [0.1, 0.15) is 5.75 Å². The van der Waals surface area contributed by atoms with Gasteiger partial charge in [-0.2, -0.15) is 0 Å². The molecule has 1 aromatic rings. The fraction of sp³-hybridized carbons (Fsp3) is 0.579. The van der Waals surface area contributed by atoms with E-state index in [9.17, 15) is 5.11 Å². The van der Waals surface area contributed by atoms with Crippen LogP contribution in [-0.2, 0) is 11.3 Å². The Hall–Kier alpha value is -1.32. The van der Waals surface area contributed by atoms with Crippen LogP contribution in [-0.4, -0.2) is 24.9 Å². The Morgan fingerprint density at radius 3 is 2.45 bits per heavy atom. The van der Waals surface area contributed by atoms with Gasteiger partial charge in [0.15, 0.2) is 0 Å². The van der Waals surface area contributed by atoms with Crippen LogP contribution < -0.4 is 4.74 Å². The van der Waals surface area contributed by atoms with Gasteiger partial charge < -0.3 is 14.6 Å². The number of ether oxygens (including phenoxy) is 2. The second-order valence-electron chi connectivity index (χ2n) is 5.51. The van der Waals surface area contributed by atoms with Crippen molar-refractivity contribution in [3.63, 3.8) is 0 Å². The molecule has 0 fully saturated rings. The molecular weight excluding hydrogens is 276 g/mol. The van der Waals surface area contributed by atoms with Crippen LogP contribution in [0.15, 0.2) is 36.4 Å². The molecule has 1 N–H and O–H groups in total. The maximum Gasteiger partial charge on any atom is 0.118 e. The fourth-order valence-corrected chi connectivity index (χ4v) is 2.21. The van der Waals surface area contributed by atoms with E-state index in [0.29, 0.717) is 6.61 Å². The van der Waals surface area contributed by atoms with Crippen LogP contribution in [0.2, 0.25) is 0 Å². The summed E-state index contributed by atoms with van der Waals surface area (Å²) in [6, 6.07) is 7.78. The van der Waals surface area contributed by atoms with Crippen molar-refractivity contribution in [2.45, 2.75) is 58.2 Å². The minimum atomic E-state index is -0.224. The Morgan fingerprint density at radius 1 is 1.09 bits per heavy atom. The van der Waals surface area contributed by atoms with Crippen molar-refractivity contribution in [2.75, 3.05) is 13.7 Å². The summed E-state index contributed by atoms with van der Waals surface area (Å²) in [6.07, 6.45) is 11.4. The number of aliphatic hydroxyl groups excluding tert-OH is 1. The van der Waals surface area contributed by atoms with Crippen LogP contribution in [0.4, 0.5) is 0 Å². The Labute approximate surface area is 135 Å². The van der Waals surface area contributed by atoms with Gasteiger partial charge in [0, 0.05) is 0 Å². The number of aliphatic hydroxyl groups is 1. The highest BCUT2D eigenvalue weighted by Gasteiger charge is 2.03. The van der Waals surface area contributed by atoms with Crippen molar-refractivity contribution in [2.24, 2.45) is 0 Å². The summed E-state index contributed by atoms with van der Waals surface area (Å²) in [5.41, 5.74) is 1.08. The monoisotopic (exact) mass is 306 g/mol. The first kappa shape index (κ1) is 18.7. The van der Waals surface area contributed by atoms with Crippen LogP contribution in [0.1, 0.15) is 51.0 Å². The first-order valence-corrected chi connectivity index (χ1v) is 8.32. The molecule has 124 valence electrons. The third-order valence-corrected chi connectivity index (χ3v) is 3.63. The third-order valence-electron chi connectivity index (χ3n) is 3.63. The summed E-state index contributed by atoms with van der Waals surface area (Å²) in [5.74, 6) is 0.838. The highest BCUT2D eigenvalue weighted by Crippen LogP contribution is 2.13. The van der Waals surface area contributed by atoms with Gasteiger partial charge in [-0.1, -0.05) is 56.9 Å². The number of benzene rings is 1. The van der Waals surface area contributed by atoms with Gasteiger partial charge in [0.25, 0.3) is 0 Å². The quantitative estimate of drug-likeness (QED) is 0.457. The van der Waals surface area contributed by atoms with Crippen molar-refractivity contribution in [1.82, 2.24) is 0 Å². The molecule has 1 rings (SSSR count). The van der Waals surface area contributed by atoms with Crippen LogP contribution in [0.5, 0.6) is 5.75 Å². The van der Waals surface area contributed by atoms with Crippen LogP contribution in [0.3, 0.4) is 0 Å². The standard InChI is InChI=1S/C19H30O3/c1-3-4-5-6-7-8-9-10-19(15-20)22-16-17-11-13-18(21-2)14-12-17/h9-14,19-20H,3-8,15-16H2,1-2H3/b10-9-/t19-/m0/s1. The second kappa shape index (κ2) is 12.2. The molecule has 0 aliphatic rings. The molecule has 0 spiro atoms. The van der Waals surface area contributed by atoms with Gasteiger partial charge in [0.2, 0.25) is 0 Å². The highest BCUT2D eigenvalue weighted by atomic mass is 16.5. The summed E-state index contributed by atoms with van der Waals surface area (Å²) in [5, 5.41) is 9.36. The Kier molecular flexibility index (Phi) is 10.4. The van der Waals surface area contributed by atoms with E-state index >= 15 is 0 Å². The van der Waals surface area contributed by atoms with E-state index in [1.165, 1.54) is 32.1 Å². The number of unbranched alkanes of at least 4 members (excludes halogenated alkanes) is 5. The Bertz CT molecular complexity index is 398. The molecule has 1 atom stereocenters. The maximum absolute atomic E-state index is 9.36. The largest absolute Gasteiger partial charge is 0.497 e. The number of rotatable bonds is 12. The number of allylic oxidation sites excluding steroid dienone is 1. The molecule has 0 saturated carbocycles. The number of hydrogen-bond acceptors (Lipinski definition) is 3. The molecular formula is C19H30O3. The van der Waals surface area contributed by atoms with E-state index in [4.69, 9.17) is 9.47 Å². The minimum absolute atomic E-state index is 0.0164. The van der Waals surface area contributed by atoms with Crippen molar-refractivity contribution in [3.8, 4) is 5.75 Å². The summed E-state index contributed by atoms with van der Waals surface area (Å²) in [6.45, 7) is 2.74. The molecule has 22 heavy (non-hydrogen) atoms. The smallest absolute Gasteiger partial charge is 0.118 e. The van der Waals surface area contributed by atoms with Crippen LogP contribution >= 0.6 is 0 Å². The first-order chi connectivity index (χ1) is 10.8. The highest BCUT2D eigenvalue weighted by molar-refractivity contribution is 5.26. The molecule has 0 saturated heterocycles. The minimum Gasteiger partial charge on any atom is -0.497 e. The van der Waals surface area contributed by atoms with Gasteiger partial charge in [-0.05, 0) is 30.5 Å². The Balaban J connectivity index is 2.23. The van der Waals surface area contributed by atoms with E-state index in [1.54, 1.807) is 7.11 Å². The third kappa shape index (κ3) is 8.20. The van der Waals surface area contributed by atoms with E-state index in [1.807, 2.05) is 30.3 Å². The van der Waals surface area contributed by atoms with Crippen molar-refractivity contribution in [3.05, 3.63) is 42.0 Å². The summed E-state index contributed by atoms with van der Waals surface area (Å²) in [7, 11) is 1.65. The van der Waals surface area contributed by atoms with Crippen molar-refractivity contribution in [1.29, 1.82) is 0 Å². The lowest BCUT2D eigenvalue weighted by Crippen LogP contribution is -2.14. The average Bonchev–Trinajstić information content (AvgIpc) is 2.57. The molecule has 1 aromatic carbocycles. The predicted octanol–water partition coefficient (Wildman–Crippen LogP) is 4.49. The lowest BCUT2D eigenvalue weighted by atomic mass is 10.1. The lowest BCUT2D eigenvalue weighted by Gasteiger charge is -2.12. The molecule has 0 unspecified atom stereocenters. The lowest BCUT2D eigenvalue weighted by molar-refractivity contribution is 0.0320. The topological polar surface area (TPSA) is 38.7 Å². The molecule has 0 heterocycles. The Morgan fingerprint density at radius 2 is 1.82 bits per heavy atom. The maximum atomic E-state index is 9.36. The van der Waals surface area contributed by atoms with Gasteiger partial charge in [0.05, 0.1) is 26.4 Å². The van der Waals surface area contributed by atoms with E-state index < -0.39 is 0 Å². The van der Waals surface area contributed by atoms with E-state index in [2.05, 4.69) is 13.0 Å². The summed E-state index contributed by atoms with van der Waals surface area (Å²) < 4.78 is 10.8. The van der Waals surface area contributed by atoms with Gasteiger partial charge in [-0.25, -0.2) is 0 Å². The second-order valence-corrected chi connectivity index (χ2v) is 5.51. The molecule has 3 heteroatoms. The van der Waals surface area contributed by atoms with Gasteiger partial charge in [-0.15, -0.1) is 0 Å². The molecule has 0 amide bonds. The molecule has 0 aliphatic heterocycles. The zero-order valence-corrected chi connectivity index (χ0v) is 14.0. The van der Waals surface area contributed by atoms with Crippen molar-refractivity contribution >= 4 is 0 Å².